The van der Waals surface area contributed by atoms with Gasteiger partial charge in [0.05, 0.1) is 11.3 Å². The summed E-state index contributed by atoms with van der Waals surface area (Å²) in [7, 11) is 1.48. The molecule has 1 aliphatic rings. The van der Waals surface area contributed by atoms with Crippen LogP contribution in [0.3, 0.4) is 0 Å². The summed E-state index contributed by atoms with van der Waals surface area (Å²) in [5.74, 6) is -1.57. The number of ketones is 1. The number of rotatable bonds is 2. The third-order valence-corrected chi connectivity index (χ3v) is 3.16. The van der Waals surface area contributed by atoms with Crippen LogP contribution in [-0.2, 0) is 9.59 Å². The molecule has 2 rings (SSSR count). The molecule has 1 aromatic carbocycles. The first-order valence-corrected chi connectivity index (χ1v) is 5.71. The maximum atomic E-state index is 11.7. The molecular formula is C11H9BrN2O3. The summed E-state index contributed by atoms with van der Waals surface area (Å²) in [6.45, 7) is -0.156. The summed E-state index contributed by atoms with van der Waals surface area (Å²) in [6.07, 6.45) is 0. The summed E-state index contributed by atoms with van der Waals surface area (Å²) in [6, 6.07) is 4.98. The summed E-state index contributed by atoms with van der Waals surface area (Å²) < 4.78 is 0.623. The molecule has 0 aliphatic carbocycles. The number of halogens is 1. The molecule has 0 unspecified atom stereocenters. The van der Waals surface area contributed by atoms with Crippen LogP contribution in [0.1, 0.15) is 10.4 Å². The minimum atomic E-state index is -0.671. The van der Waals surface area contributed by atoms with E-state index in [1.165, 1.54) is 11.9 Å². The fourth-order valence-corrected chi connectivity index (χ4v) is 2.27. The first-order valence-electron chi connectivity index (χ1n) is 4.91. The number of carbonyl (C=O) groups excluding carboxylic acids is 3. The largest absolute Gasteiger partial charge is 0.358 e. The van der Waals surface area contributed by atoms with E-state index in [9.17, 15) is 14.4 Å². The molecule has 1 aliphatic heterocycles. The van der Waals surface area contributed by atoms with Gasteiger partial charge in [-0.1, -0.05) is 6.07 Å². The van der Waals surface area contributed by atoms with E-state index in [4.69, 9.17) is 0 Å². The lowest BCUT2D eigenvalue weighted by molar-refractivity contribution is -0.121. The van der Waals surface area contributed by atoms with Crippen molar-refractivity contribution in [1.82, 2.24) is 5.32 Å². The Bertz CT molecular complexity index is 527. The van der Waals surface area contributed by atoms with Crippen molar-refractivity contribution in [2.45, 2.75) is 0 Å². The predicted molar refractivity (Wildman–Crippen MR) is 64.9 cm³/mol. The summed E-state index contributed by atoms with van der Waals surface area (Å²) in [5.41, 5.74) is 0.791. The number of fused-ring (bicyclic) bond motifs is 1. The van der Waals surface area contributed by atoms with Crippen molar-refractivity contribution in [3.63, 3.8) is 0 Å². The molecule has 2 amide bonds. The van der Waals surface area contributed by atoms with Crippen molar-refractivity contribution in [3.05, 3.63) is 28.2 Å². The minimum absolute atomic E-state index is 0.156. The molecule has 17 heavy (non-hydrogen) atoms. The molecule has 0 atom stereocenters. The van der Waals surface area contributed by atoms with Crippen LogP contribution in [0.4, 0.5) is 5.69 Å². The second kappa shape index (κ2) is 4.29. The van der Waals surface area contributed by atoms with Crippen LogP contribution >= 0.6 is 15.9 Å². The van der Waals surface area contributed by atoms with Gasteiger partial charge in [-0.05, 0) is 28.1 Å². The molecule has 0 saturated carbocycles. The average molecular weight is 297 g/mol. The van der Waals surface area contributed by atoms with E-state index in [1.54, 1.807) is 18.2 Å². The molecule has 0 radical (unpaired) electrons. The minimum Gasteiger partial charge on any atom is -0.358 e. The number of anilines is 1. The molecule has 0 fully saturated rings. The van der Waals surface area contributed by atoms with Gasteiger partial charge in [0.2, 0.25) is 5.91 Å². The van der Waals surface area contributed by atoms with E-state index in [1.807, 2.05) is 0 Å². The quantitative estimate of drug-likeness (QED) is 0.818. The smallest absolute Gasteiger partial charge is 0.299 e. The van der Waals surface area contributed by atoms with Crippen LogP contribution in [0, 0.1) is 0 Å². The van der Waals surface area contributed by atoms with E-state index < -0.39 is 11.7 Å². The number of nitrogens with zero attached hydrogens (tertiary/aromatic N) is 1. The molecule has 6 heteroatoms. The fourth-order valence-electron chi connectivity index (χ4n) is 1.69. The molecule has 1 heterocycles. The fraction of sp³-hybridized carbons (Fsp3) is 0.182. The van der Waals surface area contributed by atoms with Gasteiger partial charge in [-0.15, -0.1) is 0 Å². The monoisotopic (exact) mass is 296 g/mol. The van der Waals surface area contributed by atoms with Crippen molar-refractivity contribution in [2.75, 3.05) is 18.5 Å². The van der Waals surface area contributed by atoms with E-state index in [-0.39, 0.29) is 12.5 Å². The van der Waals surface area contributed by atoms with E-state index in [0.29, 0.717) is 15.7 Å². The Hall–Kier alpha value is -1.69. The molecule has 0 aromatic heterocycles. The zero-order valence-corrected chi connectivity index (χ0v) is 10.6. The number of amides is 2. The highest BCUT2D eigenvalue weighted by Gasteiger charge is 2.37. The van der Waals surface area contributed by atoms with Gasteiger partial charge in [0.15, 0.2) is 0 Å². The average Bonchev–Trinajstić information content (AvgIpc) is 2.56. The number of nitrogens with one attached hydrogen (secondary N) is 1. The van der Waals surface area contributed by atoms with Gasteiger partial charge in [0.1, 0.15) is 6.54 Å². The zero-order valence-electron chi connectivity index (χ0n) is 8.99. The number of likely N-dealkylation sites (N-methyl/N-ethyl adjacent to an activating group) is 1. The van der Waals surface area contributed by atoms with Gasteiger partial charge in [0, 0.05) is 11.5 Å². The standard InChI is InChI=1S/C11H9BrN2O3/c1-13-8(15)5-14-9-6(10(16)11(14)17)3-2-4-7(9)12/h2-4H,5H2,1H3,(H,13,15). The van der Waals surface area contributed by atoms with Crippen molar-refractivity contribution in [2.24, 2.45) is 0 Å². The molecule has 0 bridgehead atoms. The Morgan fingerprint density at radius 3 is 2.76 bits per heavy atom. The molecule has 0 saturated heterocycles. The topological polar surface area (TPSA) is 66.5 Å². The maximum absolute atomic E-state index is 11.7. The Labute approximate surface area is 106 Å². The third kappa shape index (κ3) is 1.84. The van der Waals surface area contributed by atoms with Crippen LogP contribution in [0.15, 0.2) is 22.7 Å². The van der Waals surface area contributed by atoms with Gasteiger partial charge in [-0.3, -0.25) is 19.3 Å². The number of Topliss-reactive ketones (excluding diaryl/α,β-unsaturated/α-hetero) is 1. The van der Waals surface area contributed by atoms with Crippen LogP contribution in [0.2, 0.25) is 0 Å². The maximum Gasteiger partial charge on any atom is 0.299 e. The normalized spacial score (nSPS) is 13.9. The first kappa shape index (κ1) is 11.8. The second-order valence-corrected chi connectivity index (χ2v) is 4.38. The number of benzene rings is 1. The lowest BCUT2D eigenvalue weighted by Crippen LogP contribution is -2.39. The van der Waals surface area contributed by atoms with Gasteiger partial charge in [0.25, 0.3) is 11.7 Å². The number of para-hydroxylation sites is 1. The van der Waals surface area contributed by atoms with Crippen LogP contribution in [-0.4, -0.2) is 31.2 Å². The summed E-state index contributed by atoms with van der Waals surface area (Å²) in [4.78, 5) is 35.9. The molecular weight excluding hydrogens is 288 g/mol. The van der Waals surface area contributed by atoms with Gasteiger partial charge in [-0.2, -0.15) is 0 Å². The third-order valence-electron chi connectivity index (χ3n) is 2.52. The first-order chi connectivity index (χ1) is 8.06. The zero-order chi connectivity index (χ0) is 12.6. The van der Waals surface area contributed by atoms with Crippen molar-refractivity contribution >= 4 is 39.2 Å². The summed E-state index contributed by atoms with van der Waals surface area (Å²) in [5, 5.41) is 2.42. The van der Waals surface area contributed by atoms with Crippen molar-refractivity contribution in [3.8, 4) is 0 Å². The van der Waals surface area contributed by atoms with Crippen molar-refractivity contribution < 1.29 is 14.4 Å². The van der Waals surface area contributed by atoms with E-state index in [0.717, 1.165) is 0 Å². The Balaban J connectivity index is 2.47. The lowest BCUT2D eigenvalue weighted by atomic mass is 10.1. The van der Waals surface area contributed by atoms with Gasteiger partial charge < -0.3 is 5.32 Å². The van der Waals surface area contributed by atoms with E-state index in [2.05, 4.69) is 21.2 Å². The predicted octanol–water partition coefficient (Wildman–Crippen LogP) is 0.724. The Morgan fingerprint density at radius 2 is 2.12 bits per heavy atom. The highest BCUT2D eigenvalue weighted by atomic mass is 79.9. The van der Waals surface area contributed by atoms with Crippen LogP contribution in [0.5, 0.6) is 0 Å². The second-order valence-electron chi connectivity index (χ2n) is 3.53. The van der Waals surface area contributed by atoms with Crippen molar-refractivity contribution in [1.29, 1.82) is 0 Å². The molecule has 1 aromatic rings. The number of carbonyl (C=O) groups is 3. The highest BCUT2D eigenvalue weighted by Crippen LogP contribution is 2.35. The van der Waals surface area contributed by atoms with Gasteiger partial charge in [-0.25, -0.2) is 0 Å². The SMILES string of the molecule is CNC(=O)CN1C(=O)C(=O)c2cccc(Br)c21. The molecule has 0 spiro atoms. The number of hydrogen-bond donors (Lipinski definition) is 1. The van der Waals surface area contributed by atoms with E-state index >= 15 is 0 Å². The van der Waals surface area contributed by atoms with Gasteiger partial charge >= 0.3 is 0 Å². The molecule has 88 valence electrons. The molecule has 1 N–H and O–H groups in total. The lowest BCUT2D eigenvalue weighted by Gasteiger charge is -2.16. The summed E-state index contributed by atoms with van der Waals surface area (Å²) >= 11 is 3.28. The molecule has 5 nitrogen and oxygen atoms in total. The van der Waals surface area contributed by atoms with Crippen LogP contribution in [0.25, 0.3) is 0 Å². The highest BCUT2D eigenvalue weighted by molar-refractivity contribution is 9.10. The Kier molecular flexibility index (Phi) is 2.97. The number of hydrogen-bond acceptors (Lipinski definition) is 3. The Morgan fingerprint density at radius 1 is 1.41 bits per heavy atom. The van der Waals surface area contributed by atoms with Crippen LogP contribution < -0.4 is 10.2 Å².